The van der Waals surface area contributed by atoms with Gasteiger partial charge in [-0.2, -0.15) is 0 Å². The zero-order chi connectivity index (χ0) is 19.9. The predicted molar refractivity (Wildman–Crippen MR) is 113 cm³/mol. The first-order valence-electron chi connectivity index (χ1n) is 10.4. The minimum absolute atomic E-state index is 0.0652. The molecule has 150 valence electrons. The molecule has 2 aromatic carbocycles. The van der Waals surface area contributed by atoms with Gasteiger partial charge in [-0.05, 0) is 74.5 Å². The van der Waals surface area contributed by atoms with Crippen LogP contribution in [0, 0.1) is 13.8 Å². The average Bonchev–Trinajstić information content (AvgIpc) is 3.21. The van der Waals surface area contributed by atoms with Crippen molar-refractivity contribution in [2.75, 3.05) is 13.1 Å². The molecule has 1 saturated heterocycles. The summed E-state index contributed by atoms with van der Waals surface area (Å²) in [6.07, 6.45) is 2.78. The molecule has 0 radical (unpaired) electrons. The third-order valence-corrected chi connectivity index (χ3v) is 5.58. The first-order valence-corrected chi connectivity index (χ1v) is 10.4. The SMILES string of the molecule is CC[C@H](Oc1cccc(C)c1C)C(=O)NCc1ccc(CN2CCCC2)cc1. The Labute approximate surface area is 168 Å². The Morgan fingerprint density at radius 2 is 1.75 bits per heavy atom. The van der Waals surface area contributed by atoms with E-state index in [0.29, 0.717) is 13.0 Å². The standard InChI is InChI=1S/C24H32N2O2/c1-4-22(28-23-9-7-8-18(2)19(23)3)24(27)25-16-20-10-12-21(13-11-20)17-26-14-5-6-15-26/h7-13,22H,4-6,14-17H2,1-3H3,(H,25,27)/t22-/m0/s1. The molecule has 1 heterocycles. The van der Waals surface area contributed by atoms with Gasteiger partial charge in [-0.3, -0.25) is 9.69 Å². The number of ether oxygens (including phenoxy) is 1. The van der Waals surface area contributed by atoms with Crippen LogP contribution in [0.15, 0.2) is 42.5 Å². The van der Waals surface area contributed by atoms with E-state index in [0.717, 1.165) is 23.4 Å². The lowest BCUT2D eigenvalue weighted by Crippen LogP contribution is -2.37. The molecular weight excluding hydrogens is 348 g/mol. The Bertz CT molecular complexity index is 780. The molecule has 1 aliphatic rings. The van der Waals surface area contributed by atoms with Crippen molar-refractivity contribution in [1.82, 2.24) is 10.2 Å². The second-order valence-corrected chi connectivity index (χ2v) is 7.73. The summed E-state index contributed by atoms with van der Waals surface area (Å²) >= 11 is 0. The van der Waals surface area contributed by atoms with Gasteiger partial charge < -0.3 is 10.1 Å². The van der Waals surface area contributed by atoms with E-state index in [-0.39, 0.29) is 5.91 Å². The van der Waals surface area contributed by atoms with E-state index in [4.69, 9.17) is 4.74 Å². The van der Waals surface area contributed by atoms with Gasteiger partial charge in [-0.1, -0.05) is 43.3 Å². The maximum absolute atomic E-state index is 12.6. The van der Waals surface area contributed by atoms with Crippen molar-refractivity contribution in [3.05, 3.63) is 64.7 Å². The van der Waals surface area contributed by atoms with Crippen LogP contribution in [-0.4, -0.2) is 30.0 Å². The zero-order valence-corrected chi connectivity index (χ0v) is 17.3. The lowest BCUT2D eigenvalue weighted by Gasteiger charge is -2.19. The topological polar surface area (TPSA) is 41.6 Å². The van der Waals surface area contributed by atoms with Crippen LogP contribution < -0.4 is 10.1 Å². The summed E-state index contributed by atoms with van der Waals surface area (Å²) in [5.41, 5.74) is 4.70. The van der Waals surface area contributed by atoms with Gasteiger partial charge in [-0.25, -0.2) is 0 Å². The van der Waals surface area contributed by atoms with Crippen LogP contribution in [0.4, 0.5) is 0 Å². The lowest BCUT2D eigenvalue weighted by atomic mass is 10.1. The number of likely N-dealkylation sites (tertiary alicyclic amines) is 1. The molecule has 1 atom stereocenters. The van der Waals surface area contributed by atoms with Gasteiger partial charge in [-0.15, -0.1) is 0 Å². The number of amides is 1. The molecule has 0 unspecified atom stereocenters. The first kappa shape index (κ1) is 20.4. The van der Waals surface area contributed by atoms with Crippen molar-refractivity contribution in [3.63, 3.8) is 0 Å². The summed E-state index contributed by atoms with van der Waals surface area (Å²) in [5, 5.41) is 3.02. The molecule has 1 aliphatic heterocycles. The van der Waals surface area contributed by atoms with E-state index in [2.05, 4.69) is 47.5 Å². The van der Waals surface area contributed by atoms with E-state index in [1.54, 1.807) is 0 Å². The number of carbonyl (C=O) groups excluding carboxylic acids is 1. The lowest BCUT2D eigenvalue weighted by molar-refractivity contribution is -0.128. The molecule has 28 heavy (non-hydrogen) atoms. The van der Waals surface area contributed by atoms with Crippen molar-refractivity contribution in [1.29, 1.82) is 0 Å². The van der Waals surface area contributed by atoms with Gasteiger partial charge in [0.1, 0.15) is 5.75 Å². The average molecular weight is 381 g/mol. The highest BCUT2D eigenvalue weighted by Crippen LogP contribution is 2.22. The first-order chi connectivity index (χ1) is 13.6. The van der Waals surface area contributed by atoms with Crippen LogP contribution in [-0.2, 0) is 17.9 Å². The second kappa shape index (κ2) is 9.74. The van der Waals surface area contributed by atoms with Crippen molar-refractivity contribution in [2.45, 2.75) is 59.2 Å². The number of benzene rings is 2. The molecule has 1 fully saturated rings. The van der Waals surface area contributed by atoms with E-state index in [1.165, 1.54) is 37.1 Å². The van der Waals surface area contributed by atoms with Crippen LogP contribution in [0.3, 0.4) is 0 Å². The number of carbonyl (C=O) groups is 1. The van der Waals surface area contributed by atoms with Crippen molar-refractivity contribution in [3.8, 4) is 5.75 Å². The molecule has 0 aromatic heterocycles. The number of nitrogens with zero attached hydrogens (tertiary/aromatic N) is 1. The van der Waals surface area contributed by atoms with Crippen molar-refractivity contribution >= 4 is 5.91 Å². The molecule has 0 aliphatic carbocycles. The highest BCUT2D eigenvalue weighted by atomic mass is 16.5. The predicted octanol–water partition coefficient (Wildman–Crippen LogP) is 4.37. The Kier molecular flexibility index (Phi) is 7.10. The number of hydrogen-bond acceptors (Lipinski definition) is 3. The fourth-order valence-electron chi connectivity index (χ4n) is 3.59. The Hall–Kier alpha value is -2.33. The third-order valence-electron chi connectivity index (χ3n) is 5.58. The van der Waals surface area contributed by atoms with Crippen LogP contribution in [0.5, 0.6) is 5.75 Å². The number of nitrogens with one attached hydrogen (secondary N) is 1. The van der Waals surface area contributed by atoms with Crippen LogP contribution in [0.1, 0.15) is 48.4 Å². The number of rotatable bonds is 8. The number of aryl methyl sites for hydroxylation is 1. The van der Waals surface area contributed by atoms with E-state index >= 15 is 0 Å². The van der Waals surface area contributed by atoms with Crippen LogP contribution in [0.25, 0.3) is 0 Å². The Morgan fingerprint density at radius 1 is 1.07 bits per heavy atom. The molecule has 2 aromatic rings. The fourth-order valence-corrected chi connectivity index (χ4v) is 3.59. The minimum atomic E-state index is -0.477. The van der Waals surface area contributed by atoms with Crippen molar-refractivity contribution < 1.29 is 9.53 Å². The normalized spacial score (nSPS) is 15.4. The molecule has 4 nitrogen and oxygen atoms in total. The molecular formula is C24H32N2O2. The summed E-state index contributed by atoms with van der Waals surface area (Å²) in [6, 6.07) is 14.5. The quantitative estimate of drug-likeness (QED) is 0.739. The monoisotopic (exact) mass is 380 g/mol. The smallest absolute Gasteiger partial charge is 0.261 e. The molecule has 1 N–H and O–H groups in total. The summed E-state index contributed by atoms with van der Waals surface area (Å²) in [4.78, 5) is 15.1. The highest BCUT2D eigenvalue weighted by molar-refractivity contribution is 5.81. The molecule has 0 saturated carbocycles. The summed E-state index contributed by atoms with van der Waals surface area (Å²) in [6.45, 7) is 10.0. The number of hydrogen-bond donors (Lipinski definition) is 1. The third kappa shape index (κ3) is 5.35. The van der Waals surface area contributed by atoms with E-state index < -0.39 is 6.10 Å². The van der Waals surface area contributed by atoms with Gasteiger partial charge in [0, 0.05) is 13.1 Å². The van der Waals surface area contributed by atoms with E-state index in [1.807, 2.05) is 26.0 Å². The maximum atomic E-state index is 12.6. The van der Waals surface area contributed by atoms with Gasteiger partial charge in [0.2, 0.25) is 0 Å². The van der Waals surface area contributed by atoms with Gasteiger partial charge in [0.25, 0.3) is 5.91 Å². The minimum Gasteiger partial charge on any atom is -0.480 e. The second-order valence-electron chi connectivity index (χ2n) is 7.73. The maximum Gasteiger partial charge on any atom is 0.261 e. The van der Waals surface area contributed by atoms with Crippen molar-refractivity contribution in [2.24, 2.45) is 0 Å². The molecule has 0 spiro atoms. The van der Waals surface area contributed by atoms with Crippen LogP contribution in [0.2, 0.25) is 0 Å². The van der Waals surface area contributed by atoms with Gasteiger partial charge in [0.15, 0.2) is 6.10 Å². The molecule has 3 rings (SSSR count). The van der Waals surface area contributed by atoms with E-state index in [9.17, 15) is 4.79 Å². The zero-order valence-electron chi connectivity index (χ0n) is 17.3. The molecule has 4 heteroatoms. The molecule has 1 amide bonds. The van der Waals surface area contributed by atoms with Gasteiger partial charge in [0.05, 0.1) is 0 Å². The van der Waals surface area contributed by atoms with Crippen LogP contribution >= 0.6 is 0 Å². The summed E-state index contributed by atoms with van der Waals surface area (Å²) in [5.74, 6) is 0.720. The largest absolute Gasteiger partial charge is 0.480 e. The fraction of sp³-hybridized carbons (Fsp3) is 0.458. The Morgan fingerprint density at radius 3 is 2.43 bits per heavy atom. The summed E-state index contributed by atoms with van der Waals surface area (Å²) < 4.78 is 6.00. The van der Waals surface area contributed by atoms with Gasteiger partial charge >= 0.3 is 0 Å². The Balaban J connectivity index is 1.52. The molecule has 0 bridgehead atoms. The highest BCUT2D eigenvalue weighted by Gasteiger charge is 2.19. The summed E-state index contributed by atoms with van der Waals surface area (Å²) in [7, 11) is 0.